The van der Waals surface area contributed by atoms with E-state index in [1.807, 2.05) is 19.1 Å². The van der Waals surface area contributed by atoms with Crippen LogP contribution in [-0.2, 0) is 11.2 Å². The Labute approximate surface area is 126 Å². The van der Waals surface area contributed by atoms with Gasteiger partial charge in [-0.15, -0.1) is 0 Å². The van der Waals surface area contributed by atoms with Gasteiger partial charge in [0.25, 0.3) is 0 Å². The van der Waals surface area contributed by atoms with Gasteiger partial charge in [-0.1, -0.05) is 32.8 Å². The van der Waals surface area contributed by atoms with E-state index in [0.29, 0.717) is 11.5 Å². The molecule has 1 aromatic carbocycles. The van der Waals surface area contributed by atoms with Crippen LogP contribution in [0.25, 0.3) is 5.57 Å². The Bertz CT molecular complexity index is 626. The summed E-state index contributed by atoms with van der Waals surface area (Å²) < 4.78 is 0. The largest absolute Gasteiger partial charge is 0.508 e. The smallest absolute Gasteiger partial charge is 0.161 e. The number of hydrogen-bond acceptors (Lipinski definition) is 2. The molecule has 0 unspecified atom stereocenters. The van der Waals surface area contributed by atoms with Gasteiger partial charge >= 0.3 is 0 Å². The van der Waals surface area contributed by atoms with Gasteiger partial charge in [-0.05, 0) is 60.6 Å². The van der Waals surface area contributed by atoms with Gasteiger partial charge in [-0.2, -0.15) is 0 Å². The molecule has 0 aromatic heterocycles. The minimum atomic E-state index is 0.115. The number of carbonyl (C=O) groups is 1. The molecule has 1 N–H and O–H groups in total. The summed E-state index contributed by atoms with van der Waals surface area (Å²) in [4.78, 5) is 12.5. The second-order valence-electron chi connectivity index (χ2n) is 6.87. The summed E-state index contributed by atoms with van der Waals surface area (Å²) in [6.45, 7) is 6.28. The van der Waals surface area contributed by atoms with Crippen molar-refractivity contribution in [2.75, 3.05) is 0 Å². The molecule has 112 valence electrons. The van der Waals surface area contributed by atoms with Crippen molar-refractivity contribution >= 4 is 11.4 Å². The zero-order valence-corrected chi connectivity index (χ0v) is 13.2. The van der Waals surface area contributed by atoms with Crippen LogP contribution in [0.5, 0.6) is 5.75 Å². The Balaban J connectivity index is 2.17. The van der Waals surface area contributed by atoms with Crippen LogP contribution in [0, 0.1) is 11.3 Å². The fourth-order valence-corrected chi connectivity index (χ4v) is 4.49. The predicted molar refractivity (Wildman–Crippen MR) is 85.2 cm³/mol. The number of phenolic OH excluding ortho intramolecular Hbond substituents is 1. The van der Waals surface area contributed by atoms with Crippen molar-refractivity contribution in [2.45, 2.75) is 52.9 Å². The van der Waals surface area contributed by atoms with Gasteiger partial charge in [0, 0.05) is 11.3 Å². The molecule has 2 aliphatic carbocycles. The van der Waals surface area contributed by atoms with Gasteiger partial charge in [-0.25, -0.2) is 0 Å². The number of Topliss-reactive ketones (excluding diaryl/α,β-unsaturated/α-hetero) is 1. The number of phenols is 1. The van der Waals surface area contributed by atoms with Crippen molar-refractivity contribution in [3.05, 3.63) is 34.9 Å². The van der Waals surface area contributed by atoms with Crippen LogP contribution in [0.2, 0.25) is 0 Å². The van der Waals surface area contributed by atoms with Crippen molar-refractivity contribution in [3.63, 3.8) is 0 Å². The highest BCUT2D eigenvalue weighted by molar-refractivity contribution is 6.07. The van der Waals surface area contributed by atoms with Gasteiger partial charge in [0.1, 0.15) is 5.75 Å². The average molecular weight is 284 g/mol. The summed E-state index contributed by atoms with van der Waals surface area (Å²) in [7, 11) is 0. The van der Waals surface area contributed by atoms with Crippen LogP contribution >= 0.6 is 0 Å². The van der Waals surface area contributed by atoms with Crippen molar-refractivity contribution in [3.8, 4) is 5.75 Å². The molecule has 1 aromatic rings. The van der Waals surface area contributed by atoms with E-state index < -0.39 is 0 Å². The third-order valence-corrected chi connectivity index (χ3v) is 5.32. The molecule has 0 saturated carbocycles. The first-order valence-electron chi connectivity index (χ1n) is 8.06. The van der Waals surface area contributed by atoms with Crippen LogP contribution < -0.4 is 0 Å². The van der Waals surface area contributed by atoms with E-state index in [2.05, 4.69) is 13.8 Å². The molecule has 0 amide bonds. The number of ketones is 1. The minimum Gasteiger partial charge on any atom is -0.508 e. The molecule has 0 aliphatic heterocycles. The molecule has 3 rings (SSSR count). The van der Waals surface area contributed by atoms with Crippen LogP contribution in [0.15, 0.2) is 23.8 Å². The summed E-state index contributed by atoms with van der Waals surface area (Å²) in [5.74, 6) is 0.752. The molecule has 2 atom stereocenters. The highest BCUT2D eigenvalue weighted by atomic mass is 16.3. The molecule has 0 radical (unpaired) electrons. The van der Waals surface area contributed by atoms with E-state index in [1.54, 1.807) is 6.07 Å². The third kappa shape index (κ3) is 2.12. The summed E-state index contributed by atoms with van der Waals surface area (Å²) in [6, 6.07) is 5.63. The fraction of sp³-hybridized carbons (Fsp3) is 0.526. The van der Waals surface area contributed by atoms with Crippen molar-refractivity contribution in [1.82, 2.24) is 0 Å². The zero-order valence-electron chi connectivity index (χ0n) is 13.2. The van der Waals surface area contributed by atoms with E-state index in [-0.39, 0.29) is 11.3 Å². The highest BCUT2D eigenvalue weighted by Crippen LogP contribution is 2.57. The number of fused-ring (bicyclic) bond motifs is 3. The van der Waals surface area contributed by atoms with E-state index >= 15 is 0 Å². The molecule has 2 aliphatic rings. The Hall–Kier alpha value is -1.57. The first kappa shape index (κ1) is 14.4. The number of unbranched alkanes of at least 4 members (excludes halogenated alkanes) is 1. The first-order valence-corrected chi connectivity index (χ1v) is 8.06. The molecular weight excluding hydrogens is 260 g/mol. The van der Waals surface area contributed by atoms with Crippen LogP contribution in [0.4, 0.5) is 0 Å². The molecule has 0 bridgehead atoms. The lowest BCUT2D eigenvalue weighted by atomic mass is 9.64. The molecule has 2 nitrogen and oxygen atoms in total. The summed E-state index contributed by atoms with van der Waals surface area (Å²) in [5.41, 5.74) is 4.75. The van der Waals surface area contributed by atoms with E-state index in [4.69, 9.17) is 0 Å². The fourth-order valence-electron chi connectivity index (χ4n) is 4.49. The molecular formula is C19H24O2. The number of aromatic hydroxyl groups is 1. The second-order valence-corrected chi connectivity index (χ2v) is 6.87. The maximum atomic E-state index is 12.5. The number of allylic oxidation sites excluding steroid dienone is 2. The zero-order chi connectivity index (χ0) is 15.2. The number of carbonyl (C=O) groups excluding carboxylic acids is 1. The lowest BCUT2D eigenvalue weighted by Crippen LogP contribution is -2.33. The third-order valence-electron chi connectivity index (χ3n) is 5.32. The van der Waals surface area contributed by atoms with Gasteiger partial charge in [0.05, 0.1) is 0 Å². The summed E-state index contributed by atoms with van der Waals surface area (Å²) in [5, 5.41) is 9.78. The molecule has 0 saturated heterocycles. The maximum absolute atomic E-state index is 12.5. The minimum absolute atomic E-state index is 0.115. The molecule has 0 heterocycles. The number of hydrogen-bond donors (Lipinski definition) is 1. The van der Waals surface area contributed by atoms with E-state index in [9.17, 15) is 9.90 Å². The topological polar surface area (TPSA) is 37.3 Å². The SMILES string of the molecule is CCCC[C@]12Cc3cc(O)ccc3C1=C(C)C(=O)[C@@H](C)C2. The van der Waals surface area contributed by atoms with Crippen molar-refractivity contribution in [2.24, 2.45) is 11.3 Å². The van der Waals surface area contributed by atoms with Crippen LogP contribution in [0.3, 0.4) is 0 Å². The Kier molecular flexibility index (Phi) is 3.43. The molecule has 0 fully saturated rings. The quantitative estimate of drug-likeness (QED) is 0.887. The highest BCUT2D eigenvalue weighted by Gasteiger charge is 2.47. The maximum Gasteiger partial charge on any atom is 0.161 e. The van der Waals surface area contributed by atoms with E-state index in [0.717, 1.165) is 24.8 Å². The Morgan fingerprint density at radius 1 is 1.38 bits per heavy atom. The second kappa shape index (κ2) is 5.01. The molecule has 2 heteroatoms. The normalized spacial score (nSPS) is 27.8. The Morgan fingerprint density at radius 2 is 2.14 bits per heavy atom. The Morgan fingerprint density at radius 3 is 2.86 bits per heavy atom. The first-order chi connectivity index (χ1) is 9.98. The summed E-state index contributed by atoms with van der Waals surface area (Å²) in [6.07, 6.45) is 5.44. The number of benzene rings is 1. The standard InChI is InChI=1S/C19H24O2/c1-4-5-8-19-10-12(2)18(21)13(3)17(19)16-7-6-15(20)9-14(16)11-19/h6-7,9,12,20H,4-5,8,10-11H2,1-3H3/t12-,19-/m0/s1. The monoisotopic (exact) mass is 284 g/mol. The van der Waals surface area contributed by atoms with Gasteiger partial charge in [-0.3, -0.25) is 4.79 Å². The molecule has 21 heavy (non-hydrogen) atoms. The van der Waals surface area contributed by atoms with Gasteiger partial charge < -0.3 is 5.11 Å². The lowest BCUT2D eigenvalue weighted by Gasteiger charge is -2.38. The van der Waals surface area contributed by atoms with Gasteiger partial charge in [0.15, 0.2) is 5.78 Å². The lowest BCUT2D eigenvalue weighted by molar-refractivity contribution is -0.120. The van der Waals surface area contributed by atoms with Crippen LogP contribution in [-0.4, -0.2) is 10.9 Å². The van der Waals surface area contributed by atoms with Gasteiger partial charge in [0.2, 0.25) is 0 Å². The summed E-state index contributed by atoms with van der Waals surface area (Å²) >= 11 is 0. The van der Waals surface area contributed by atoms with Crippen molar-refractivity contribution < 1.29 is 9.90 Å². The van der Waals surface area contributed by atoms with Crippen LogP contribution in [0.1, 0.15) is 57.6 Å². The predicted octanol–water partition coefficient (Wildman–Crippen LogP) is 4.51. The number of rotatable bonds is 3. The average Bonchev–Trinajstić information content (AvgIpc) is 2.76. The molecule has 0 spiro atoms. The van der Waals surface area contributed by atoms with Crippen molar-refractivity contribution in [1.29, 1.82) is 0 Å². The van der Waals surface area contributed by atoms with E-state index in [1.165, 1.54) is 29.5 Å².